The van der Waals surface area contributed by atoms with Gasteiger partial charge in [-0.1, -0.05) is 28.1 Å². The summed E-state index contributed by atoms with van der Waals surface area (Å²) in [4.78, 5) is 0. The summed E-state index contributed by atoms with van der Waals surface area (Å²) in [6.45, 7) is 2.05. The highest BCUT2D eigenvalue weighted by Gasteiger charge is 2.18. The lowest BCUT2D eigenvalue weighted by molar-refractivity contribution is 0.394. The molecule has 2 aromatic rings. The highest BCUT2D eigenvalue weighted by molar-refractivity contribution is 9.10. The van der Waals surface area contributed by atoms with Crippen molar-refractivity contribution in [3.8, 4) is 11.5 Å². The Balaban J connectivity index is 2.51. The van der Waals surface area contributed by atoms with E-state index in [-0.39, 0.29) is 6.04 Å². The summed E-state index contributed by atoms with van der Waals surface area (Å²) < 4.78 is 11.8. The van der Waals surface area contributed by atoms with Gasteiger partial charge in [0, 0.05) is 10.0 Å². The third-order valence-electron chi connectivity index (χ3n) is 3.43. The second-order valence-electron chi connectivity index (χ2n) is 4.72. The topological polar surface area (TPSA) is 56.5 Å². The molecule has 0 heterocycles. The summed E-state index contributed by atoms with van der Waals surface area (Å²) in [5, 5.41) is 0. The van der Waals surface area contributed by atoms with E-state index in [4.69, 9.17) is 15.3 Å². The molecule has 2 rings (SSSR count). The molecule has 0 saturated heterocycles. The van der Waals surface area contributed by atoms with Crippen LogP contribution in [0.4, 0.5) is 0 Å². The Morgan fingerprint density at radius 3 is 2.43 bits per heavy atom. The van der Waals surface area contributed by atoms with Crippen molar-refractivity contribution < 1.29 is 9.47 Å². The number of halogens is 1. The average molecular weight is 351 g/mol. The second-order valence-corrected chi connectivity index (χ2v) is 5.57. The van der Waals surface area contributed by atoms with Gasteiger partial charge in [0.05, 0.1) is 20.3 Å². The minimum atomic E-state index is -0.179. The highest BCUT2D eigenvalue weighted by atomic mass is 79.9. The number of methoxy groups -OCH3 is 2. The normalized spacial score (nSPS) is 12.0. The number of hydrogen-bond acceptors (Lipinski definition) is 4. The largest absolute Gasteiger partial charge is 0.497 e. The molecule has 0 amide bonds. The Morgan fingerprint density at radius 2 is 1.86 bits per heavy atom. The highest BCUT2D eigenvalue weighted by Crippen LogP contribution is 2.33. The van der Waals surface area contributed by atoms with Crippen molar-refractivity contribution in [3.63, 3.8) is 0 Å². The van der Waals surface area contributed by atoms with Crippen LogP contribution in [-0.4, -0.2) is 14.2 Å². The zero-order valence-corrected chi connectivity index (χ0v) is 13.9. The Hall–Kier alpha value is -1.56. The molecule has 0 bridgehead atoms. The van der Waals surface area contributed by atoms with Crippen molar-refractivity contribution >= 4 is 15.9 Å². The van der Waals surface area contributed by atoms with Gasteiger partial charge in [-0.25, -0.2) is 5.43 Å². The molecule has 1 atom stereocenters. The SMILES string of the molecule is COc1ccc(OC)c(C(NN)c2ccc(Br)c(C)c2)c1. The van der Waals surface area contributed by atoms with Crippen molar-refractivity contribution in [2.24, 2.45) is 5.84 Å². The minimum Gasteiger partial charge on any atom is -0.497 e. The van der Waals surface area contributed by atoms with Crippen LogP contribution in [-0.2, 0) is 0 Å². The van der Waals surface area contributed by atoms with Crippen LogP contribution in [0.1, 0.15) is 22.7 Å². The molecule has 4 nitrogen and oxygen atoms in total. The summed E-state index contributed by atoms with van der Waals surface area (Å²) in [6.07, 6.45) is 0. The smallest absolute Gasteiger partial charge is 0.124 e. The van der Waals surface area contributed by atoms with E-state index in [0.717, 1.165) is 32.7 Å². The maximum absolute atomic E-state index is 5.78. The predicted molar refractivity (Wildman–Crippen MR) is 87.6 cm³/mol. The summed E-state index contributed by atoms with van der Waals surface area (Å²) in [5.41, 5.74) is 6.00. The Morgan fingerprint density at radius 1 is 1.10 bits per heavy atom. The molecule has 0 spiro atoms. The summed E-state index contributed by atoms with van der Waals surface area (Å²) >= 11 is 3.51. The monoisotopic (exact) mass is 350 g/mol. The first-order valence-electron chi connectivity index (χ1n) is 6.54. The molecule has 0 aliphatic carbocycles. The molecule has 0 aliphatic rings. The van der Waals surface area contributed by atoms with Gasteiger partial charge in [-0.3, -0.25) is 5.84 Å². The van der Waals surface area contributed by atoms with Gasteiger partial charge >= 0.3 is 0 Å². The van der Waals surface area contributed by atoms with Crippen LogP contribution in [0.3, 0.4) is 0 Å². The van der Waals surface area contributed by atoms with Crippen LogP contribution in [0.5, 0.6) is 11.5 Å². The van der Waals surface area contributed by atoms with Crippen LogP contribution in [0.15, 0.2) is 40.9 Å². The standard InChI is InChI=1S/C16H19BrN2O2/c1-10-8-11(4-6-14(10)17)16(19-18)13-9-12(20-2)5-7-15(13)21-3/h4-9,16,19H,18H2,1-3H3. The van der Waals surface area contributed by atoms with Crippen molar-refractivity contribution in [3.05, 3.63) is 57.6 Å². The number of nitrogens with one attached hydrogen (secondary N) is 1. The summed E-state index contributed by atoms with van der Waals surface area (Å²) in [6, 6.07) is 11.6. The molecule has 2 aromatic carbocycles. The minimum absolute atomic E-state index is 0.179. The fraction of sp³-hybridized carbons (Fsp3) is 0.250. The van der Waals surface area contributed by atoms with Gasteiger partial charge < -0.3 is 9.47 Å². The number of hydrogen-bond donors (Lipinski definition) is 2. The van der Waals surface area contributed by atoms with Gasteiger partial charge in [-0.2, -0.15) is 0 Å². The number of nitrogens with two attached hydrogens (primary N) is 1. The molecule has 0 radical (unpaired) electrons. The molecule has 112 valence electrons. The zero-order chi connectivity index (χ0) is 15.4. The van der Waals surface area contributed by atoms with E-state index >= 15 is 0 Å². The van der Waals surface area contributed by atoms with E-state index in [1.54, 1.807) is 14.2 Å². The first-order valence-corrected chi connectivity index (χ1v) is 7.34. The molecule has 0 saturated carbocycles. The number of rotatable bonds is 5. The number of aryl methyl sites for hydroxylation is 1. The van der Waals surface area contributed by atoms with E-state index in [0.29, 0.717) is 0 Å². The second kappa shape index (κ2) is 6.93. The van der Waals surface area contributed by atoms with E-state index < -0.39 is 0 Å². The number of benzene rings is 2. The quantitative estimate of drug-likeness (QED) is 0.641. The lowest BCUT2D eigenvalue weighted by Crippen LogP contribution is -2.29. The fourth-order valence-corrected chi connectivity index (χ4v) is 2.52. The lowest BCUT2D eigenvalue weighted by Gasteiger charge is -2.21. The molecular formula is C16H19BrN2O2. The number of ether oxygens (including phenoxy) is 2. The van der Waals surface area contributed by atoms with Crippen LogP contribution in [0, 0.1) is 6.92 Å². The fourth-order valence-electron chi connectivity index (χ4n) is 2.28. The van der Waals surface area contributed by atoms with E-state index in [9.17, 15) is 0 Å². The Bertz CT molecular complexity index is 632. The van der Waals surface area contributed by atoms with Gasteiger partial charge in [-0.15, -0.1) is 0 Å². The van der Waals surface area contributed by atoms with Gasteiger partial charge in [0.1, 0.15) is 11.5 Å². The van der Waals surface area contributed by atoms with Gasteiger partial charge in [0.15, 0.2) is 0 Å². The van der Waals surface area contributed by atoms with Crippen molar-refractivity contribution in [1.82, 2.24) is 5.43 Å². The van der Waals surface area contributed by atoms with Crippen molar-refractivity contribution in [1.29, 1.82) is 0 Å². The van der Waals surface area contributed by atoms with Crippen molar-refractivity contribution in [2.75, 3.05) is 14.2 Å². The Kier molecular flexibility index (Phi) is 5.22. The van der Waals surface area contributed by atoms with Crippen LogP contribution in [0.25, 0.3) is 0 Å². The van der Waals surface area contributed by atoms with Crippen LogP contribution >= 0.6 is 15.9 Å². The van der Waals surface area contributed by atoms with E-state index in [1.807, 2.05) is 37.3 Å². The third kappa shape index (κ3) is 3.37. The van der Waals surface area contributed by atoms with Crippen LogP contribution < -0.4 is 20.7 Å². The zero-order valence-electron chi connectivity index (χ0n) is 12.3. The first kappa shape index (κ1) is 15.8. The first-order chi connectivity index (χ1) is 10.1. The van der Waals surface area contributed by atoms with E-state index in [1.165, 1.54) is 0 Å². The maximum atomic E-state index is 5.78. The van der Waals surface area contributed by atoms with Crippen LogP contribution in [0.2, 0.25) is 0 Å². The lowest BCUT2D eigenvalue weighted by atomic mass is 9.97. The maximum Gasteiger partial charge on any atom is 0.124 e. The molecule has 0 fully saturated rings. The molecule has 21 heavy (non-hydrogen) atoms. The van der Waals surface area contributed by atoms with E-state index in [2.05, 4.69) is 27.4 Å². The third-order valence-corrected chi connectivity index (χ3v) is 4.32. The van der Waals surface area contributed by atoms with Crippen molar-refractivity contribution in [2.45, 2.75) is 13.0 Å². The number of hydrazine groups is 1. The molecule has 3 N–H and O–H groups in total. The molecule has 0 aromatic heterocycles. The predicted octanol–water partition coefficient (Wildman–Crippen LogP) is 3.33. The molecule has 0 aliphatic heterocycles. The van der Waals surface area contributed by atoms with Gasteiger partial charge in [-0.05, 0) is 42.3 Å². The molecule has 1 unspecified atom stereocenters. The molecule has 5 heteroatoms. The average Bonchev–Trinajstić information content (AvgIpc) is 2.51. The summed E-state index contributed by atoms with van der Waals surface area (Å²) in [5.74, 6) is 7.31. The van der Waals surface area contributed by atoms with Gasteiger partial charge in [0.2, 0.25) is 0 Å². The Labute approximate surface area is 133 Å². The van der Waals surface area contributed by atoms with Gasteiger partial charge in [0.25, 0.3) is 0 Å². The summed E-state index contributed by atoms with van der Waals surface area (Å²) in [7, 11) is 3.28. The molecular weight excluding hydrogens is 332 g/mol.